The van der Waals surface area contributed by atoms with Gasteiger partial charge in [0.1, 0.15) is 0 Å². The summed E-state index contributed by atoms with van der Waals surface area (Å²) in [6, 6.07) is 16.4. The molecule has 2 N–H and O–H groups in total. The Bertz CT molecular complexity index is 984. The molecule has 1 amide bonds. The third kappa shape index (κ3) is 4.10. The SMILES string of the molecule is CCCN(CCC)CC(=O)Nc1ccc(-c2n[nH]c3c2Cc2ccccc2-3)cc1. The minimum atomic E-state index is 0.0377. The van der Waals surface area contributed by atoms with Crippen molar-refractivity contribution >= 4 is 11.6 Å². The fraction of sp³-hybridized carbons (Fsp3) is 0.333. The van der Waals surface area contributed by atoms with E-state index in [-0.39, 0.29) is 5.91 Å². The molecule has 1 aromatic heterocycles. The quantitative estimate of drug-likeness (QED) is 0.460. The summed E-state index contributed by atoms with van der Waals surface area (Å²) in [5, 5.41) is 10.8. The van der Waals surface area contributed by atoms with Crippen LogP contribution in [0.15, 0.2) is 48.5 Å². The number of rotatable bonds is 8. The predicted molar refractivity (Wildman–Crippen MR) is 118 cm³/mol. The van der Waals surface area contributed by atoms with Gasteiger partial charge in [0.05, 0.1) is 17.9 Å². The van der Waals surface area contributed by atoms with Crippen LogP contribution in [-0.4, -0.2) is 40.6 Å². The fourth-order valence-electron chi connectivity index (χ4n) is 4.13. The second kappa shape index (κ2) is 8.62. The highest BCUT2D eigenvalue weighted by Crippen LogP contribution is 2.39. The lowest BCUT2D eigenvalue weighted by atomic mass is 10.1. The number of nitrogens with one attached hydrogen (secondary N) is 2. The van der Waals surface area contributed by atoms with Gasteiger partial charge in [0.15, 0.2) is 0 Å². The number of anilines is 1. The van der Waals surface area contributed by atoms with E-state index >= 15 is 0 Å². The Morgan fingerprint density at radius 1 is 1.07 bits per heavy atom. The Labute approximate surface area is 172 Å². The normalized spacial score (nSPS) is 12.1. The van der Waals surface area contributed by atoms with Crippen LogP contribution < -0.4 is 5.32 Å². The Kier molecular flexibility index (Phi) is 5.76. The van der Waals surface area contributed by atoms with Crippen molar-refractivity contribution in [2.75, 3.05) is 25.0 Å². The minimum absolute atomic E-state index is 0.0377. The van der Waals surface area contributed by atoms with Gasteiger partial charge in [-0.1, -0.05) is 50.2 Å². The average Bonchev–Trinajstić information content (AvgIpc) is 3.28. The van der Waals surface area contributed by atoms with Crippen LogP contribution in [0.4, 0.5) is 5.69 Å². The number of H-pyrrole nitrogens is 1. The Balaban J connectivity index is 1.44. The smallest absolute Gasteiger partial charge is 0.238 e. The summed E-state index contributed by atoms with van der Waals surface area (Å²) in [5.74, 6) is 0.0377. The standard InChI is InChI=1S/C24H28N4O/c1-3-13-28(14-4-2)16-22(29)25-19-11-9-17(10-12-19)23-21-15-18-7-5-6-8-20(18)24(21)27-26-23/h5-12H,3-4,13-16H2,1-2H3,(H,25,29)(H,26,27). The summed E-state index contributed by atoms with van der Waals surface area (Å²) < 4.78 is 0. The van der Waals surface area contributed by atoms with Gasteiger partial charge in [-0.2, -0.15) is 5.10 Å². The highest BCUT2D eigenvalue weighted by molar-refractivity contribution is 5.92. The predicted octanol–water partition coefficient (Wildman–Crippen LogP) is 4.71. The molecule has 1 aliphatic rings. The molecule has 4 rings (SSSR count). The molecule has 0 spiro atoms. The number of amides is 1. The maximum Gasteiger partial charge on any atom is 0.238 e. The summed E-state index contributed by atoms with van der Waals surface area (Å²) in [5.41, 5.74) is 7.83. The second-order valence-electron chi connectivity index (χ2n) is 7.66. The zero-order valence-electron chi connectivity index (χ0n) is 17.2. The largest absolute Gasteiger partial charge is 0.325 e. The molecule has 5 nitrogen and oxygen atoms in total. The number of carbonyl (C=O) groups is 1. The van der Waals surface area contributed by atoms with Crippen LogP contribution in [0.5, 0.6) is 0 Å². The summed E-state index contributed by atoms with van der Waals surface area (Å²) in [6.07, 6.45) is 3.01. The van der Waals surface area contributed by atoms with Crippen molar-refractivity contribution < 1.29 is 4.79 Å². The number of nitrogens with zero attached hydrogens (tertiary/aromatic N) is 2. The lowest BCUT2D eigenvalue weighted by Gasteiger charge is -2.20. The zero-order valence-corrected chi connectivity index (χ0v) is 17.2. The van der Waals surface area contributed by atoms with Gasteiger partial charge in [-0.3, -0.25) is 14.8 Å². The Hall–Kier alpha value is -2.92. The van der Waals surface area contributed by atoms with Crippen LogP contribution in [0.1, 0.15) is 37.8 Å². The molecule has 3 aromatic rings. The van der Waals surface area contributed by atoms with Gasteiger partial charge >= 0.3 is 0 Å². The van der Waals surface area contributed by atoms with Crippen molar-refractivity contribution in [1.82, 2.24) is 15.1 Å². The van der Waals surface area contributed by atoms with Crippen molar-refractivity contribution in [3.05, 3.63) is 59.7 Å². The average molecular weight is 389 g/mol. The molecule has 0 unspecified atom stereocenters. The molecule has 29 heavy (non-hydrogen) atoms. The number of hydrogen-bond donors (Lipinski definition) is 2. The Morgan fingerprint density at radius 3 is 2.52 bits per heavy atom. The van der Waals surface area contributed by atoms with Crippen molar-refractivity contribution in [2.24, 2.45) is 0 Å². The first-order chi connectivity index (χ1) is 14.2. The van der Waals surface area contributed by atoms with Gasteiger partial charge in [0, 0.05) is 28.8 Å². The van der Waals surface area contributed by atoms with Crippen LogP contribution in [0.3, 0.4) is 0 Å². The van der Waals surface area contributed by atoms with E-state index in [4.69, 9.17) is 0 Å². The first-order valence-electron chi connectivity index (χ1n) is 10.5. The van der Waals surface area contributed by atoms with E-state index in [2.05, 4.69) is 58.5 Å². The molecule has 0 bridgehead atoms. The van der Waals surface area contributed by atoms with Crippen molar-refractivity contribution in [3.8, 4) is 22.5 Å². The van der Waals surface area contributed by atoms with Crippen molar-refractivity contribution in [3.63, 3.8) is 0 Å². The van der Waals surface area contributed by atoms with Crippen LogP contribution in [0.25, 0.3) is 22.5 Å². The molecule has 150 valence electrons. The van der Waals surface area contributed by atoms with E-state index in [1.54, 1.807) is 0 Å². The van der Waals surface area contributed by atoms with Gasteiger partial charge in [0.2, 0.25) is 5.91 Å². The summed E-state index contributed by atoms with van der Waals surface area (Å²) in [4.78, 5) is 14.6. The van der Waals surface area contributed by atoms with Gasteiger partial charge in [-0.25, -0.2) is 0 Å². The molecule has 2 aromatic carbocycles. The van der Waals surface area contributed by atoms with E-state index < -0.39 is 0 Å². The molecular formula is C24H28N4O. The molecular weight excluding hydrogens is 360 g/mol. The van der Waals surface area contributed by atoms with Gasteiger partial charge in [0.25, 0.3) is 0 Å². The second-order valence-corrected chi connectivity index (χ2v) is 7.66. The van der Waals surface area contributed by atoms with Crippen LogP contribution in [-0.2, 0) is 11.2 Å². The van der Waals surface area contributed by atoms with Crippen molar-refractivity contribution in [1.29, 1.82) is 0 Å². The lowest BCUT2D eigenvalue weighted by Crippen LogP contribution is -2.34. The minimum Gasteiger partial charge on any atom is -0.325 e. The molecule has 1 heterocycles. The molecule has 5 heteroatoms. The van der Waals surface area contributed by atoms with Crippen LogP contribution in [0.2, 0.25) is 0 Å². The first-order valence-corrected chi connectivity index (χ1v) is 10.5. The highest BCUT2D eigenvalue weighted by atomic mass is 16.2. The van der Waals surface area contributed by atoms with Crippen LogP contribution >= 0.6 is 0 Å². The molecule has 0 saturated heterocycles. The van der Waals surface area contributed by atoms with E-state index in [0.29, 0.717) is 6.54 Å². The fourth-order valence-corrected chi connectivity index (χ4v) is 4.13. The summed E-state index contributed by atoms with van der Waals surface area (Å²) in [7, 11) is 0. The lowest BCUT2D eigenvalue weighted by molar-refractivity contribution is -0.117. The summed E-state index contributed by atoms with van der Waals surface area (Å²) >= 11 is 0. The molecule has 1 aliphatic carbocycles. The molecule has 0 atom stereocenters. The summed E-state index contributed by atoms with van der Waals surface area (Å²) in [6.45, 7) is 6.63. The number of benzene rings is 2. The van der Waals surface area contributed by atoms with Gasteiger partial charge in [-0.15, -0.1) is 0 Å². The Morgan fingerprint density at radius 2 is 1.79 bits per heavy atom. The maximum absolute atomic E-state index is 12.4. The van der Waals surface area contributed by atoms with Gasteiger partial charge < -0.3 is 5.32 Å². The number of fused-ring (bicyclic) bond motifs is 3. The van der Waals surface area contributed by atoms with E-state index in [1.807, 2.05) is 24.3 Å². The third-order valence-electron chi connectivity index (χ3n) is 5.41. The van der Waals surface area contributed by atoms with Crippen LogP contribution in [0, 0.1) is 0 Å². The number of carbonyl (C=O) groups excluding carboxylic acids is 1. The molecule has 0 saturated carbocycles. The number of aromatic amines is 1. The number of aromatic nitrogens is 2. The van der Waals surface area contributed by atoms with E-state index in [0.717, 1.165) is 55.0 Å². The first kappa shape index (κ1) is 19.4. The monoisotopic (exact) mass is 388 g/mol. The van der Waals surface area contributed by atoms with E-state index in [9.17, 15) is 4.79 Å². The topological polar surface area (TPSA) is 61.0 Å². The molecule has 0 fully saturated rings. The molecule has 0 radical (unpaired) electrons. The molecule has 0 aliphatic heterocycles. The van der Waals surface area contributed by atoms with Crippen molar-refractivity contribution in [2.45, 2.75) is 33.1 Å². The maximum atomic E-state index is 12.4. The highest BCUT2D eigenvalue weighted by Gasteiger charge is 2.24. The zero-order chi connectivity index (χ0) is 20.2. The number of hydrogen-bond acceptors (Lipinski definition) is 3. The van der Waals surface area contributed by atoms with Gasteiger partial charge in [-0.05, 0) is 43.6 Å². The third-order valence-corrected chi connectivity index (χ3v) is 5.41. The van der Waals surface area contributed by atoms with E-state index in [1.165, 1.54) is 16.7 Å².